The van der Waals surface area contributed by atoms with Crippen molar-refractivity contribution in [2.24, 2.45) is 13.0 Å². The molecule has 158 valence electrons. The summed E-state index contributed by atoms with van der Waals surface area (Å²) in [6.07, 6.45) is 3.77. The highest BCUT2D eigenvalue weighted by Crippen LogP contribution is 2.34. The third kappa shape index (κ3) is 3.81. The van der Waals surface area contributed by atoms with Crippen LogP contribution in [-0.4, -0.2) is 35.3 Å². The van der Waals surface area contributed by atoms with E-state index >= 15 is 0 Å². The second kappa shape index (κ2) is 8.01. The lowest BCUT2D eigenvalue weighted by atomic mass is 9.91. The molecule has 4 heterocycles. The lowest BCUT2D eigenvalue weighted by Gasteiger charge is -2.21. The van der Waals surface area contributed by atoms with Crippen LogP contribution < -0.4 is 0 Å². The summed E-state index contributed by atoms with van der Waals surface area (Å²) >= 11 is 7.57. The first-order valence-corrected chi connectivity index (χ1v) is 11.4. The van der Waals surface area contributed by atoms with Crippen LogP contribution >= 0.6 is 22.9 Å². The Balaban J connectivity index is 1.35. The minimum Gasteiger partial charge on any atom is -0.292 e. The normalized spacial score (nSPS) is 15.8. The molecule has 4 aromatic rings. The standard InChI is InChI=1S/C22H21ClN6OS/c1-13-20(23)31-22(25-13)16-12-24-28(2)19(16)17(30)10-14-8-9-29-18(11-14)26-21(27-29)15-6-4-3-5-7-15/h3-7,12,14H,8-11H2,1-2H3. The number of halogens is 1. The maximum absolute atomic E-state index is 13.3. The summed E-state index contributed by atoms with van der Waals surface area (Å²) in [4.78, 5) is 22.5. The highest BCUT2D eigenvalue weighted by molar-refractivity contribution is 7.19. The van der Waals surface area contributed by atoms with Gasteiger partial charge in [0.2, 0.25) is 0 Å². The molecule has 0 saturated carbocycles. The van der Waals surface area contributed by atoms with E-state index in [0.717, 1.165) is 52.9 Å². The lowest BCUT2D eigenvalue weighted by molar-refractivity contribution is 0.0944. The summed E-state index contributed by atoms with van der Waals surface area (Å²) in [5.41, 5.74) is 3.11. The second-order valence-corrected chi connectivity index (χ2v) is 9.44. The lowest BCUT2D eigenvalue weighted by Crippen LogP contribution is -2.23. The molecule has 0 amide bonds. The number of fused-ring (bicyclic) bond motifs is 1. The fraction of sp³-hybridized carbons (Fsp3) is 0.318. The minimum absolute atomic E-state index is 0.0697. The average Bonchev–Trinajstić information content (AvgIpc) is 3.45. The van der Waals surface area contributed by atoms with Crippen LogP contribution in [0.5, 0.6) is 0 Å². The Morgan fingerprint density at radius 3 is 2.81 bits per heavy atom. The van der Waals surface area contributed by atoms with Crippen molar-refractivity contribution in [2.45, 2.75) is 32.7 Å². The maximum Gasteiger partial charge on any atom is 0.181 e. The van der Waals surface area contributed by atoms with Crippen molar-refractivity contribution in [3.63, 3.8) is 0 Å². The molecule has 7 nitrogen and oxygen atoms in total. The van der Waals surface area contributed by atoms with Crippen molar-refractivity contribution in [1.29, 1.82) is 0 Å². The maximum atomic E-state index is 13.3. The summed E-state index contributed by atoms with van der Waals surface area (Å²) in [6.45, 7) is 2.63. The number of nitrogens with zero attached hydrogens (tertiary/aromatic N) is 6. The Bertz CT molecular complexity index is 1240. The van der Waals surface area contributed by atoms with Crippen LogP contribution in [0.1, 0.15) is 34.8 Å². The molecule has 0 saturated heterocycles. The Hall–Kier alpha value is -2.84. The van der Waals surface area contributed by atoms with Crippen molar-refractivity contribution in [3.05, 3.63) is 58.1 Å². The quantitative estimate of drug-likeness (QED) is 0.413. The fourth-order valence-electron chi connectivity index (χ4n) is 4.03. The highest BCUT2D eigenvalue weighted by atomic mass is 35.5. The van der Waals surface area contributed by atoms with Crippen molar-refractivity contribution in [3.8, 4) is 22.0 Å². The van der Waals surface area contributed by atoms with Gasteiger partial charge in [0.25, 0.3) is 0 Å². The van der Waals surface area contributed by atoms with Gasteiger partial charge in [0, 0.05) is 32.0 Å². The molecule has 0 bridgehead atoms. The molecular formula is C22H21ClN6OS. The van der Waals surface area contributed by atoms with Crippen LogP contribution in [0.2, 0.25) is 4.34 Å². The van der Waals surface area contributed by atoms with Crippen LogP contribution in [-0.2, 0) is 20.0 Å². The highest BCUT2D eigenvalue weighted by Gasteiger charge is 2.28. The molecule has 1 aliphatic heterocycles. The SMILES string of the molecule is Cc1nc(-c2cnn(C)c2C(=O)CC2CCn3nc(-c4ccccc4)nc3C2)sc1Cl. The van der Waals surface area contributed by atoms with Crippen LogP contribution in [0.3, 0.4) is 0 Å². The van der Waals surface area contributed by atoms with Crippen molar-refractivity contribution in [1.82, 2.24) is 29.5 Å². The van der Waals surface area contributed by atoms with E-state index in [9.17, 15) is 4.79 Å². The third-order valence-corrected chi connectivity index (χ3v) is 7.13. The number of thiazole rings is 1. The van der Waals surface area contributed by atoms with E-state index in [0.29, 0.717) is 16.5 Å². The van der Waals surface area contributed by atoms with Gasteiger partial charge in [-0.05, 0) is 19.3 Å². The monoisotopic (exact) mass is 452 g/mol. The first-order chi connectivity index (χ1) is 15.0. The second-order valence-electron chi connectivity index (χ2n) is 7.84. The number of rotatable bonds is 5. The first kappa shape index (κ1) is 20.1. The number of carbonyl (C=O) groups is 1. The Labute approximate surface area is 188 Å². The number of ketones is 1. The summed E-state index contributed by atoms with van der Waals surface area (Å²) in [5, 5.41) is 9.69. The van der Waals surface area contributed by atoms with E-state index in [1.165, 1.54) is 11.3 Å². The molecule has 0 aliphatic carbocycles. The van der Waals surface area contributed by atoms with Crippen molar-refractivity contribution in [2.75, 3.05) is 0 Å². The van der Waals surface area contributed by atoms with Gasteiger partial charge in [0.05, 0.1) is 17.5 Å². The molecule has 1 aromatic carbocycles. The van der Waals surface area contributed by atoms with Gasteiger partial charge in [-0.2, -0.15) is 10.2 Å². The topological polar surface area (TPSA) is 78.5 Å². The summed E-state index contributed by atoms with van der Waals surface area (Å²) in [6, 6.07) is 9.98. The van der Waals surface area contributed by atoms with Gasteiger partial charge in [-0.15, -0.1) is 11.3 Å². The largest absolute Gasteiger partial charge is 0.292 e. The van der Waals surface area contributed by atoms with Gasteiger partial charge in [0.1, 0.15) is 20.9 Å². The zero-order chi connectivity index (χ0) is 21.5. The van der Waals surface area contributed by atoms with Crippen molar-refractivity contribution < 1.29 is 4.79 Å². The number of carbonyl (C=O) groups excluding carboxylic acids is 1. The van der Waals surface area contributed by atoms with Crippen LogP contribution in [0.15, 0.2) is 36.5 Å². The summed E-state index contributed by atoms with van der Waals surface area (Å²) in [7, 11) is 1.79. The van der Waals surface area contributed by atoms with E-state index in [-0.39, 0.29) is 11.7 Å². The van der Waals surface area contributed by atoms with Crippen LogP contribution in [0.4, 0.5) is 0 Å². The van der Waals surface area contributed by atoms with E-state index in [1.54, 1.807) is 17.9 Å². The van der Waals surface area contributed by atoms with E-state index in [1.807, 2.05) is 41.9 Å². The van der Waals surface area contributed by atoms with Crippen molar-refractivity contribution >= 4 is 28.7 Å². The predicted molar refractivity (Wildman–Crippen MR) is 120 cm³/mol. The van der Waals surface area contributed by atoms with Gasteiger partial charge >= 0.3 is 0 Å². The molecule has 5 rings (SSSR count). The Morgan fingerprint density at radius 1 is 1.26 bits per heavy atom. The average molecular weight is 453 g/mol. The number of aryl methyl sites for hydroxylation is 3. The molecule has 1 unspecified atom stereocenters. The van der Waals surface area contributed by atoms with Crippen LogP contribution in [0, 0.1) is 12.8 Å². The van der Waals surface area contributed by atoms with Gasteiger partial charge in [-0.25, -0.2) is 14.6 Å². The summed E-state index contributed by atoms with van der Waals surface area (Å²) < 4.78 is 4.25. The first-order valence-electron chi connectivity index (χ1n) is 10.2. The molecule has 0 fully saturated rings. The van der Waals surface area contributed by atoms with Gasteiger partial charge < -0.3 is 0 Å². The smallest absolute Gasteiger partial charge is 0.181 e. The number of hydrogen-bond donors (Lipinski definition) is 0. The Morgan fingerprint density at radius 2 is 2.06 bits per heavy atom. The molecule has 0 radical (unpaired) electrons. The molecule has 3 aromatic heterocycles. The molecule has 0 N–H and O–H groups in total. The van der Waals surface area contributed by atoms with Gasteiger partial charge in [-0.1, -0.05) is 41.9 Å². The molecule has 1 atom stereocenters. The number of benzene rings is 1. The minimum atomic E-state index is 0.0697. The summed E-state index contributed by atoms with van der Waals surface area (Å²) in [5.74, 6) is 1.97. The fourth-order valence-corrected chi connectivity index (χ4v) is 5.10. The number of aromatic nitrogens is 6. The van der Waals surface area contributed by atoms with E-state index < -0.39 is 0 Å². The molecule has 0 spiro atoms. The molecule has 9 heteroatoms. The number of hydrogen-bond acceptors (Lipinski definition) is 6. The molecular weight excluding hydrogens is 432 g/mol. The van der Waals surface area contributed by atoms with Crippen LogP contribution in [0.25, 0.3) is 22.0 Å². The van der Waals surface area contributed by atoms with E-state index in [2.05, 4.69) is 15.2 Å². The Kier molecular flexibility index (Phi) is 5.19. The predicted octanol–water partition coefficient (Wildman–Crippen LogP) is 4.60. The molecule has 31 heavy (non-hydrogen) atoms. The molecule has 1 aliphatic rings. The number of Topliss-reactive ketones (excluding diaryl/α,β-unsaturated/α-hetero) is 1. The zero-order valence-electron chi connectivity index (χ0n) is 17.2. The third-order valence-electron chi connectivity index (χ3n) is 5.65. The zero-order valence-corrected chi connectivity index (χ0v) is 18.8. The van der Waals surface area contributed by atoms with E-state index in [4.69, 9.17) is 16.6 Å². The van der Waals surface area contributed by atoms with Gasteiger partial charge in [0.15, 0.2) is 11.6 Å². The van der Waals surface area contributed by atoms with Gasteiger partial charge in [-0.3, -0.25) is 9.48 Å².